The molecule has 0 spiro atoms. The second-order valence-electron chi connectivity index (χ2n) is 6.66. The summed E-state index contributed by atoms with van der Waals surface area (Å²) in [7, 11) is 0. The molecule has 3 aliphatic rings. The van der Waals surface area contributed by atoms with Gasteiger partial charge in [0, 0.05) is 19.2 Å². The summed E-state index contributed by atoms with van der Waals surface area (Å²) in [5.41, 5.74) is 0. The molecule has 3 fully saturated rings. The minimum absolute atomic E-state index is 0.00510. The van der Waals surface area contributed by atoms with E-state index >= 15 is 0 Å². The Balaban J connectivity index is 1.53. The van der Waals surface area contributed by atoms with Crippen molar-refractivity contribution in [3.05, 3.63) is 24.1 Å². The van der Waals surface area contributed by atoms with Crippen molar-refractivity contribution in [2.75, 3.05) is 13.2 Å². The van der Waals surface area contributed by atoms with Crippen LogP contribution >= 0.6 is 0 Å². The first-order chi connectivity index (χ1) is 11.2. The predicted molar refractivity (Wildman–Crippen MR) is 80.4 cm³/mol. The Kier molecular flexibility index (Phi) is 3.93. The molecule has 1 aromatic heterocycles. The van der Waals surface area contributed by atoms with Gasteiger partial charge >= 0.3 is 0 Å². The Morgan fingerprint density at radius 3 is 3.04 bits per heavy atom. The van der Waals surface area contributed by atoms with Crippen molar-refractivity contribution in [3.63, 3.8) is 0 Å². The highest BCUT2D eigenvalue weighted by Crippen LogP contribution is 2.36. The van der Waals surface area contributed by atoms with E-state index in [2.05, 4.69) is 4.98 Å². The molecule has 1 aliphatic heterocycles. The second kappa shape index (κ2) is 6.07. The monoisotopic (exact) mass is 320 g/mol. The summed E-state index contributed by atoms with van der Waals surface area (Å²) < 4.78 is 25.5. The topological polar surface area (TPSA) is 51.7 Å². The zero-order valence-electron chi connectivity index (χ0n) is 13.0. The van der Waals surface area contributed by atoms with Gasteiger partial charge in [0.1, 0.15) is 6.10 Å². The third-order valence-electron chi connectivity index (χ3n) is 5.01. The third kappa shape index (κ3) is 3.04. The number of hydrogen-bond acceptors (Lipinski definition) is 4. The van der Waals surface area contributed by atoms with E-state index < -0.39 is 5.82 Å². The van der Waals surface area contributed by atoms with E-state index in [0.29, 0.717) is 25.5 Å². The van der Waals surface area contributed by atoms with Crippen LogP contribution in [0.3, 0.4) is 0 Å². The lowest BCUT2D eigenvalue weighted by atomic mass is 10.1. The number of rotatable bonds is 4. The first-order valence-corrected chi connectivity index (χ1v) is 8.40. The lowest BCUT2D eigenvalue weighted by Crippen LogP contribution is -2.47. The van der Waals surface area contributed by atoms with Crippen molar-refractivity contribution in [1.82, 2.24) is 9.88 Å². The van der Waals surface area contributed by atoms with Crippen LogP contribution in [-0.2, 0) is 9.53 Å². The van der Waals surface area contributed by atoms with Crippen molar-refractivity contribution < 1.29 is 18.7 Å². The van der Waals surface area contributed by atoms with Gasteiger partial charge in [0.15, 0.2) is 5.82 Å². The molecule has 0 unspecified atom stereocenters. The quantitative estimate of drug-likeness (QED) is 0.853. The van der Waals surface area contributed by atoms with Crippen molar-refractivity contribution >= 4 is 5.91 Å². The lowest BCUT2D eigenvalue weighted by molar-refractivity contribution is -0.135. The number of nitrogens with zero attached hydrogens (tertiary/aromatic N) is 2. The van der Waals surface area contributed by atoms with E-state index in [0.717, 1.165) is 25.7 Å². The Bertz CT molecular complexity index is 593. The summed E-state index contributed by atoms with van der Waals surface area (Å²) in [6, 6.07) is 2.82. The van der Waals surface area contributed by atoms with Crippen LogP contribution in [-0.4, -0.2) is 47.2 Å². The van der Waals surface area contributed by atoms with Gasteiger partial charge < -0.3 is 14.4 Å². The number of amides is 1. The van der Waals surface area contributed by atoms with Gasteiger partial charge in [0.25, 0.3) is 5.88 Å². The average molecular weight is 320 g/mol. The van der Waals surface area contributed by atoms with Crippen molar-refractivity contribution in [1.29, 1.82) is 0 Å². The standard InChI is InChI=1S/C17H21FN2O3/c18-12-2-1-7-19-17(12)23-16-13-5-6-14(16)22-9-8-20(13)15(21)10-11-3-4-11/h1-2,7,11,13-14,16H,3-6,8-10H2/t13-,14-,16+/m0/s1. The highest BCUT2D eigenvalue weighted by Gasteiger charge is 2.46. The molecule has 2 heterocycles. The average Bonchev–Trinajstić information content (AvgIpc) is 3.26. The lowest BCUT2D eigenvalue weighted by Gasteiger charge is -2.31. The predicted octanol–water partition coefficient (Wildman–Crippen LogP) is 2.16. The first kappa shape index (κ1) is 14.9. The van der Waals surface area contributed by atoms with Crippen LogP contribution in [0.5, 0.6) is 5.88 Å². The molecule has 3 atom stereocenters. The summed E-state index contributed by atoms with van der Waals surface area (Å²) in [6.45, 7) is 1.11. The van der Waals surface area contributed by atoms with Gasteiger partial charge in [-0.15, -0.1) is 0 Å². The molecule has 6 heteroatoms. The molecule has 5 nitrogen and oxygen atoms in total. The largest absolute Gasteiger partial charge is 0.467 e. The van der Waals surface area contributed by atoms with E-state index in [-0.39, 0.29) is 30.0 Å². The molecule has 2 saturated carbocycles. The summed E-state index contributed by atoms with van der Waals surface area (Å²) in [4.78, 5) is 18.5. The van der Waals surface area contributed by atoms with Crippen molar-refractivity contribution in [3.8, 4) is 5.88 Å². The van der Waals surface area contributed by atoms with Crippen LogP contribution in [0.1, 0.15) is 32.1 Å². The minimum Gasteiger partial charge on any atom is -0.467 e. The molecule has 2 bridgehead atoms. The summed E-state index contributed by atoms with van der Waals surface area (Å²) >= 11 is 0. The number of hydrogen-bond donors (Lipinski definition) is 0. The second-order valence-corrected chi connectivity index (χ2v) is 6.66. The van der Waals surface area contributed by atoms with Crippen LogP contribution in [0, 0.1) is 11.7 Å². The molecule has 124 valence electrons. The van der Waals surface area contributed by atoms with Gasteiger partial charge in [-0.2, -0.15) is 0 Å². The number of carbonyl (C=O) groups is 1. The fourth-order valence-electron chi connectivity index (χ4n) is 3.63. The zero-order valence-corrected chi connectivity index (χ0v) is 13.0. The minimum atomic E-state index is -0.480. The van der Waals surface area contributed by atoms with Gasteiger partial charge in [0.2, 0.25) is 5.91 Å². The van der Waals surface area contributed by atoms with Gasteiger partial charge in [-0.25, -0.2) is 9.37 Å². The van der Waals surface area contributed by atoms with E-state index in [1.54, 1.807) is 0 Å². The SMILES string of the molecule is O=C(CC1CC1)N1CCO[C@H]2CC[C@H]1[C@H]2Oc1ncccc1F. The van der Waals surface area contributed by atoms with Crippen LogP contribution in [0.15, 0.2) is 18.3 Å². The molecule has 0 aromatic carbocycles. The molecule has 1 aromatic rings. The Hall–Kier alpha value is -1.69. The van der Waals surface area contributed by atoms with E-state index in [9.17, 15) is 9.18 Å². The van der Waals surface area contributed by atoms with Gasteiger partial charge in [0.05, 0.1) is 18.8 Å². The number of fused-ring (bicyclic) bond motifs is 2. The Morgan fingerprint density at radius 1 is 1.39 bits per heavy atom. The summed E-state index contributed by atoms with van der Waals surface area (Å²) in [5, 5.41) is 0. The van der Waals surface area contributed by atoms with Crippen LogP contribution in [0.4, 0.5) is 4.39 Å². The number of pyridine rings is 1. The van der Waals surface area contributed by atoms with Gasteiger partial charge in [-0.1, -0.05) is 0 Å². The fourth-order valence-corrected chi connectivity index (χ4v) is 3.63. The molecular weight excluding hydrogens is 299 g/mol. The van der Waals surface area contributed by atoms with Crippen LogP contribution in [0.2, 0.25) is 0 Å². The highest BCUT2D eigenvalue weighted by atomic mass is 19.1. The summed E-state index contributed by atoms with van der Waals surface area (Å²) in [6.07, 6.45) is 5.66. The van der Waals surface area contributed by atoms with Crippen LogP contribution in [0.25, 0.3) is 0 Å². The van der Waals surface area contributed by atoms with Gasteiger partial charge in [-0.05, 0) is 43.7 Å². The van der Waals surface area contributed by atoms with Crippen molar-refractivity contribution in [2.24, 2.45) is 5.92 Å². The normalized spacial score (nSPS) is 30.1. The highest BCUT2D eigenvalue weighted by molar-refractivity contribution is 5.77. The van der Waals surface area contributed by atoms with E-state index in [1.807, 2.05) is 4.90 Å². The molecule has 0 radical (unpaired) electrons. The molecule has 23 heavy (non-hydrogen) atoms. The molecule has 4 rings (SSSR count). The fraction of sp³-hybridized carbons (Fsp3) is 0.647. The zero-order chi connectivity index (χ0) is 15.8. The molecule has 0 N–H and O–H groups in total. The summed E-state index contributed by atoms with van der Waals surface area (Å²) in [5.74, 6) is 0.247. The van der Waals surface area contributed by atoms with E-state index in [1.165, 1.54) is 18.3 Å². The third-order valence-corrected chi connectivity index (χ3v) is 5.01. The number of halogens is 1. The smallest absolute Gasteiger partial charge is 0.250 e. The maximum absolute atomic E-state index is 13.8. The molecular formula is C17H21FN2O3. The number of carbonyl (C=O) groups excluding carboxylic acids is 1. The Morgan fingerprint density at radius 2 is 2.26 bits per heavy atom. The molecule has 2 aliphatic carbocycles. The first-order valence-electron chi connectivity index (χ1n) is 8.40. The number of ether oxygens (including phenoxy) is 2. The Labute approximate surface area is 134 Å². The molecule has 1 amide bonds. The van der Waals surface area contributed by atoms with Crippen molar-refractivity contribution in [2.45, 2.75) is 50.4 Å². The van der Waals surface area contributed by atoms with Gasteiger partial charge in [-0.3, -0.25) is 4.79 Å². The molecule has 1 saturated heterocycles. The number of aromatic nitrogens is 1. The van der Waals surface area contributed by atoms with E-state index in [4.69, 9.17) is 9.47 Å². The van der Waals surface area contributed by atoms with Crippen LogP contribution < -0.4 is 4.74 Å². The maximum Gasteiger partial charge on any atom is 0.250 e. The maximum atomic E-state index is 13.8.